The topological polar surface area (TPSA) is 84.3 Å². The molecule has 9 heteroatoms. The maximum atomic E-state index is 13.6. The van der Waals surface area contributed by atoms with E-state index in [1.54, 1.807) is 15.6 Å². The number of halogens is 1. The van der Waals surface area contributed by atoms with Crippen LogP contribution in [-0.2, 0) is 9.84 Å². The van der Waals surface area contributed by atoms with Gasteiger partial charge < -0.3 is 5.32 Å². The molecule has 0 aliphatic carbocycles. The van der Waals surface area contributed by atoms with E-state index in [1.165, 1.54) is 0 Å². The third-order valence-corrected chi connectivity index (χ3v) is 8.23. The lowest BCUT2D eigenvalue weighted by atomic mass is 10.0. The number of anilines is 2. The van der Waals surface area contributed by atoms with Crippen molar-refractivity contribution >= 4 is 38.7 Å². The molecule has 0 radical (unpaired) electrons. The second-order valence-electron chi connectivity index (χ2n) is 8.40. The van der Waals surface area contributed by atoms with Crippen LogP contribution < -0.4 is 10.2 Å². The molecular weight excluding hydrogens is 448 g/mol. The van der Waals surface area contributed by atoms with Gasteiger partial charge in [-0.3, -0.25) is 9.69 Å². The van der Waals surface area contributed by atoms with Crippen molar-refractivity contribution in [1.82, 2.24) is 9.78 Å². The van der Waals surface area contributed by atoms with Gasteiger partial charge in [-0.15, -0.1) is 0 Å². The van der Waals surface area contributed by atoms with Crippen LogP contribution in [-0.4, -0.2) is 35.6 Å². The highest BCUT2D eigenvalue weighted by molar-refractivity contribution is 7.91. The predicted octanol–water partition coefficient (Wildman–Crippen LogP) is 4.28. The normalized spacial score (nSPS) is 22.0. The Labute approximate surface area is 191 Å². The van der Waals surface area contributed by atoms with Gasteiger partial charge in [0.1, 0.15) is 11.3 Å². The third-order valence-electron chi connectivity index (χ3n) is 6.11. The van der Waals surface area contributed by atoms with Gasteiger partial charge in [0.25, 0.3) is 5.91 Å². The molecule has 0 unspecified atom stereocenters. The second kappa shape index (κ2) is 7.64. The number of sulfone groups is 1. The Morgan fingerprint density at radius 1 is 1.12 bits per heavy atom. The summed E-state index contributed by atoms with van der Waals surface area (Å²) in [6.07, 6.45) is -0.109. The van der Waals surface area contributed by atoms with E-state index in [9.17, 15) is 13.2 Å². The summed E-state index contributed by atoms with van der Waals surface area (Å²) in [4.78, 5) is 15.3. The van der Waals surface area contributed by atoms with E-state index < -0.39 is 16.0 Å². The van der Waals surface area contributed by atoms with Gasteiger partial charge >= 0.3 is 0 Å². The number of para-hydroxylation sites is 1. The lowest BCUT2D eigenvalue weighted by molar-refractivity contribution is 0.0975. The van der Waals surface area contributed by atoms with E-state index in [4.69, 9.17) is 11.6 Å². The van der Waals surface area contributed by atoms with Crippen molar-refractivity contribution in [3.05, 3.63) is 76.1 Å². The summed E-state index contributed by atoms with van der Waals surface area (Å²) in [5.74, 6) is 0.0153. The van der Waals surface area contributed by atoms with Gasteiger partial charge in [0.2, 0.25) is 0 Å². The van der Waals surface area contributed by atoms with Crippen LogP contribution in [0.1, 0.15) is 45.8 Å². The maximum absolute atomic E-state index is 13.6. The maximum Gasteiger partial charge on any atom is 0.262 e. The molecule has 1 aromatic heterocycles. The van der Waals surface area contributed by atoms with Gasteiger partial charge in [-0.2, -0.15) is 5.10 Å². The summed E-state index contributed by atoms with van der Waals surface area (Å²) < 4.78 is 25.6. The molecule has 2 aromatic carbocycles. The Hall–Kier alpha value is -2.84. The van der Waals surface area contributed by atoms with E-state index in [2.05, 4.69) is 10.4 Å². The highest BCUT2D eigenvalue weighted by atomic mass is 35.5. The molecule has 3 heterocycles. The Bertz CT molecular complexity index is 1330. The molecule has 0 bridgehead atoms. The zero-order valence-electron chi connectivity index (χ0n) is 17.7. The lowest BCUT2D eigenvalue weighted by Crippen LogP contribution is -2.43. The van der Waals surface area contributed by atoms with Crippen LogP contribution in [0.2, 0.25) is 5.15 Å². The molecule has 2 aliphatic heterocycles. The van der Waals surface area contributed by atoms with Crippen LogP contribution in [0.4, 0.5) is 11.4 Å². The number of rotatable bonds is 3. The summed E-state index contributed by atoms with van der Waals surface area (Å²) in [5, 5.41) is 8.42. The first-order valence-electron chi connectivity index (χ1n) is 10.5. The fourth-order valence-electron chi connectivity index (χ4n) is 4.55. The number of fused-ring (bicyclic) bond motifs is 1. The van der Waals surface area contributed by atoms with Gasteiger partial charge in [0.15, 0.2) is 9.84 Å². The number of benzene rings is 2. The molecule has 5 rings (SSSR count). The van der Waals surface area contributed by atoms with E-state index in [0.717, 1.165) is 16.9 Å². The molecule has 0 spiro atoms. The van der Waals surface area contributed by atoms with Crippen LogP contribution in [0.5, 0.6) is 0 Å². The number of nitrogens with one attached hydrogen (secondary N) is 1. The Morgan fingerprint density at radius 2 is 1.91 bits per heavy atom. The largest absolute Gasteiger partial charge is 0.360 e. The summed E-state index contributed by atoms with van der Waals surface area (Å²) in [7, 11) is -3.10. The van der Waals surface area contributed by atoms with Crippen LogP contribution in [0.15, 0.2) is 48.5 Å². The Kier molecular flexibility index (Phi) is 5.02. The second-order valence-corrected chi connectivity index (χ2v) is 11.0. The van der Waals surface area contributed by atoms with E-state index in [1.807, 2.05) is 56.3 Å². The predicted molar refractivity (Wildman–Crippen MR) is 125 cm³/mol. The molecule has 1 saturated heterocycles. The van der Waals surface area contributed by atoms with Crippen molar-refractivity contribution < 1.29 is 13.2 Å². The minimum Gasteiger partial charge on any atom is -0.360 e. The van der Waals surface area contributed by atoms with Gasteiger partial charge in [0.05, 0.1) is 34.4 Å². The molecule has 1 amide bonds. The Morgan fingerprint density at radius 3 is 2.62 bits per heavy atom. The van der Waals surface area contributed by atoms with Gasteiger partial charge in [0, 0.05) is 11.4 Å². The van der Waals surface area contributed by atoms with Crippen molar-refractivity contribution in [3.8, 4) is 0 Å². The highest BCUT2D eigenvalue weighted by Gasteiger charge is 2.39. The summed E-state index contributed by atoms with van der Waals surface area (Å²) in [6.45, 7) is 3.81. The van der Waals surface area contributed by atoms with Crippen molar-refractivity contribution in [2.75, 3.05) is 21.7 Å². The SMILES string of the molecule is Cc1cccc(N2C(=O)c3ccccc3N[C@H]2c2c(C)nn([C@H]3CCS(=O)(=O)C3)c2Cl)c1. The van der Waals surface area contributed by atoms with E-state index in [0.29, 0.717) is 28.4 Å². The first-order valence-corrected chi connectivity index (χ1v) is 12.7. The van der Waals surface area contributed by atoms with Crippen LogP contribution in [0.25, 0.3) is 0 Å². The summed E-state index contributed by atoms with van der Waals surface area (Å²) >= 11 is 6.82. The minimum atomic E-state index is -3.10. The molecule has 1 fully saturated rings. The third kappa shape index (κ3) is 3.47. The smallest absolute Gasteiger partial charge is 0.262 e. The number of nitrogens with zero attached hydrogens (tertiary/aromatic N) is 3. The van der Waals surface area contributed by atoms with Crippen molar-refractivity contribution in [2.24, 2.45) is 0 Å². The fourth-order valence-corrected chi connectivity index (χ4v) is 6.66. The molecule has 2 atom stereocenters. The van der Waals surface area contributed by atoms with Crippen LogP contribution in [0, 0.1) is 13.8 Å². The number of hydrogen-bond donors (Lipinski definition) is 1. The number of aryl methyl sites for hydroxylation is 2. The number of carbonyl (C=O) groups excluding carboxylic acids is 1. The molecule has 0 saturated carbocycles. The average Bonchev–Trinajstić information content (AvgIpc) is 3.25. The molecule has 3 aromatic rings. The van der Waals surface area contributed by atoms with Crippen LogP contribution >= 0.6 is 11.6 Å². The molecular formula is C23H23ClN4O3S. The first kappa shape index (κ1) is 21.0. The molecule has 2 aliphatic rings. The molecule has 1 N–H and O–H groups in total. The summed E-state index contributed by atoms with van der Waals surface area (Å²) in [5.41, 5.74) is 4.39. The zero-order chi connectivity index (χ0) is 22.6. The zero-order valence-corrected chi connectivity index (χ0v) is 19.3. The van der Waals surface area contributed by atoms with Crippen molar-refractivity contribution in [1.29, 1.82) is 0 Å². The Balaban J connectivity index is 1.65. The number of amides is 1. The molecule has 166 valence electrons. The molecule has 7 nitrogen and oxygen atoms in total. The van der Waals surface area contributed by atoms with Crippen molar-refractivity contribution in [3.63, 3.8) is 0 Å². The molecule has 32 heavy (non-hydrogen) atoms. The van der Waals surface area contributed by atoms with E-state index >= 15 is 0 Å². The number of carbonyl (C=O) groups is 1. The minimum absolute atomic E-state index is 0.0226. The average molecular weight is 471 g/mol. The number of hydrogen-bond acceptors (Lipinski definition) is 5. The first-order chi connectivity index (χ1) is 15.2. The van der Waals surface area contributed by atoms with Gasteiger partial charge in [-0.1, -0.05) is 35.9 Å². The standard InChI is InChI=1S/C23H23ClN4O3S/c1-14-6-5-7-16(12-14)27-22(25-19-9-4-3-8-18(19)23(27)29)20-15(2)26-28(21(20)24)17-10-11-32(30,31)13-17/h3-9,12,17,22,25H,10-11,13H2,1-2H3/t17-,22+/m0/s1. The van der Waals surface area contributed by atoms with Crippen LogP contribution in [0.3, 0.4) is 0 Å². The fraction of sp³-hybridized carbons (Fsp3) is 0.304. The highest BCUT2D eigenvalue weighted by Crippen LogP contribution is 2.41. The lowest BCUT2D eigenvalue weighted by Gasteiger charge is -2.38. The van der Waals surface area contributed by atoms with Gasteiger partial charge in [-0.05, 0) is 50.1 Å². The number of aromatic nitrogens is 2. The monoisotopic (exact) mass is 470 g/mol. The van der Waals surface area contributed by atoms with Crippen molar-refractivity contribution in [2.45, 2.75) is 32.5 Å². The summed E-state index contributed by atoms with van der Waals surface area (Å²) in [6, 6.07) is 14.8. The van der Waals surface area contributed by atoms with E-state index in [-0.39, 0.29) is 23.5 Å². The quantitative estimate of drug-likeness (QED) is 0.617. The van der Waals surface area contributed by atoms with Gasteiger partial charge in [-0.25, -0.2) is 13.1 Å².